The molecule has 112 valence electrons. The molecule has 20 heavy (non-hydrogen) atoms. The average Bonchev–Trinajstić information content (AvgIpc) is 2.84. The lowest BCUT2D eigenvalue weighted by Gasteiger charge is -2.28. The molecule has 0 bridgehead atoms. The first kappa shape index (κ1) is 15.1. The lowest BCUT2D eigenvalue weighted by atomic mass is 9.89. The summed E-state index contributed by atoms with van der Waals surface area (Å²) < 4.78 is 34.6. The zero-order valence-corrected chi connectivity index (χ0v) is 13.1. The zero-order valence-electron chi connectivity index (χ0n) is 12.3. The standard InChI is InChI=1S/C14H21NO4S/c1-14(6-5-7-15-14)11-8-10(18-2)9-12(13(11)19-3)20(4,16)17/h8-9,15H,5-7H2,1-4H3. The van der Waals surface area contributed by atoms with Gasteiger partial charge >= 0.3 is 0 Å². The van der Waals surface area contributed by atoms with E-state index in [-0.39, 0.29) is 10.4 Å². The van der Waals surface area contributed by atoms with Crippen molar-refractivity contribution < 1.29 is 17.9 Å². The largest absolute Gasteiger partial charge is 0.497 e. The normalized spacial score (nSPS) is 22.8. The lowest BCUT2D eigenvalue weighted by Crippen LogP contribution is -2.34. The fourth-order valence-corrected chi connectivity index (χ4v) is 3.58. The minimum atomic E-state index is -3.39. The van der Waals surface area contributed by atoms with Gasteiger partial charge in [-0.25, -0.2) is 8.42 Å². The SMILES string of the molecule is COc1cc(C2(C)CCCN2)c(OC)c(S(C)(=O)=O)c1. The number of sulfone groups is 1. The molecule has 1 saturated heterocycles. The summed E-state index contributed by atoms with van der Waals surface area (Å²) in [5.41, 5.74) is 0.538. The van der Waals surface area contributed by atoms with Crippen molar-refractivity contribution in [2.75, 3.05) is 27.0 Å². The Balaban J connectivity index is 2.72. The van der Waals surface area contributed by atoms with Gasteiger partial charge in [-0.15, -0.1) is 0 Å². The Bertz CT molecular complexity index is 604. The van der Waals surface area contributed by atoms with Crippen LogP contribution < -0.4 is 14.8 Å². The molecule has 0 aromatic heterocycles. The number of hydrogen-bond acceptors (Lipinski definition) is 5. The quantitative estimate of drug-likeness (QED) is 0.917. The molecule has 0 aliphatic carbocycles. The molecule has 0 radical (unpaired) electrons. The van der Waals surface area contributed by atoms with Crippen LogP contribution in [0.1, 0.15) is 25.3 Å². The molecular formula is C14H21NO4S. The fourth-order valence-electron chi connectivity index (χ4n) is 2.72. The summed E-state index contributed by atoms with van der Waals surface area (Å²) in [6.07, 6.45) is 3.16. The van der Waals surface area contributed by atoms with Crippen molar-refractivity contribution in [2.45, 2.75) is 30.2 Å². The Labute approximate surface area is 120 Å². The number of benzene rings is 1. The lowest BCUT2D eigenvalue weighted by molar-refractivity contribution is 0.355. The predicted octanol–water partition coefficient (Wildman–Crippen LogP) is 1.71. The van der Waals surface area contributed by atoms with E-state index in [9.17, 15) is 8.42 Å². The molecule has 2 rings (SSSR count). The van der Waals surface area contributed by atoms with E-state index in [2.05, 4.69) is 12.2 Å². The van der Waals surface area contributed by atoms with E-state index < -0.39 is 9.84 Å². The van der Waals surface area contributed by atoms with Crippen molar-refractivity contribution in [3.8, 4) is 11.5 Å². The Morgan fingerprint density at radius 3 is 2.40 bits per heavy atom. The van der Waals surface area contributed by atoms with Gasteiger partial charge in [0.1, 0.15) is 16.4 Å². The van der Waals surface area contributed by atoms with Crippen LogP contribution >= 0.6 is 0 Å². The van der Waals surface area contributed by atoms with Crippen LogP contribution in [0.3, 0.4) is 0 Å². The van der Waals surface area contributed by atoms with Gasteiger partial charge in [-0.3, -0.25) is 0 Å². The Morgan fingerprint density at radius 1 is 1.25 bits per heavy atom. The highest BCUT2D eigenvalue weighted by Gasteiger charge is 2.35. The van der Waals surface area contributed by atoms with Crippen LogP contribution in [-0.4, -0.2) is 35.4 Å². The minimum Gasteiger partial charge on any atom is -0.497 e. The first-order valence-electron chi connectivity index (χ1n) is 6.53. The van der Waals surface area contributed by atoms with Crippen molar-refractivity contribution in [3.05, 3.63) is 17.7 Å². The topological polar surface area (TPSA) is 64.6 Å². The van der Waals surface area contributed by atoms with Crippen LogP contribution in [0.4, 0.5) is 0 Å². The van der Waals surface area contributed by atoms with Crippen LogP contribution in [0.5, 0.6) is 11.5 Å². The fraction of sp³-hybridized carbons (Fsp3) is 0.571. The van der Waals surface area contributed by atoms with E-state index in [0.717, 1.165) is 24.9 Å². The smallest absolute Gasteiger partial charge is 0.179 e. The Hall–Kier alpha value is -1.27. The second kappa shape index (κ2) is 5.26. The maximum absolute atomic E-state index is 12.0. The summed E-state index contributed by atoms with van der Waals surface area (Å²) in [4.78, 5) is 0.171. The van der Waals surface area contributed by atoms with Gasteiger partial charge in [-0.1, -0.05) is 0 Å². The third kappa shape index (κ3) is 2.62. The molecule has 1 aromatic rings. The molecule has 6 heteroatoms. The molecule has 0 saturated carbocycles. The van der Waals surface area contributed by atoms with Crippen molar-refractivity contribution in [1.82, 2.24) is 5.32 Å². The molecule has 1 aromatic carbocycles. The van der Waals surface area contributed by atoms with E-state index in [1.807, 2.05) is 6.07 Å². The first-order valence-corrected chi connectivity index (χ1v) is 8.42. The van der Waals surface area contributed by atoms with Crippen LogP contribution in [0, 0.1) is 0 Å². The van der Waals surface area contributed by atoms with Gasteiger partial charge in [-0.2, -0.15) is 0 Å². The van der Waals surface area contributed by atoms with Gasteiger partial charge in [0.05, 0.1) is 14.2 Å². The average molecular weight is 299 g/mol. The molecule has 1 unspecified atom stereocenters. The van der Waals surface area contributed by atoms with E-state index in [1.54, 1.807) is 0 Å². The molecule has 1 aliphatic heterocycles. The van der Waals surface area contributed by atoms with Crippen LogP contribution in [0.25, 0.3) is 0 Å². The molecule has 0 amide bonds. The number of rotatable bonds is 4. The van der Waals surface area contributed by atoms with Gasteiger partial charge in [-0.05, 0) is 32.4 Å². The molecule has 1 heterocycles. The van der Waals surface area contributed by atoms with Crippen molar-refractivity contribution >= 4 is 9.84 Å². The van der Waals surface area contributed by atoms with Crippen molar-refractivity contribution in [2.24, 2.45) is 0 Å². The van der Waals surface area contributed by atoms with Gasteiger partial charge in [0, 0.05) is 23.4 Å². The highest BCUT2D eigenvalue weighted by molar-refractivity contribution is 7.90. The number of nitrogens with one attached hydrogen (secondary N) is 1. The summed E-state index contributed by atoms with van der Waals surface area (Å²) in [6, 6.07) is 3.36. The molecule has 1 atom stereocenters. The molecule has 5 nitrogen and oxygen atoms in total. The Morgan fingerprint density at radius 2 is 1.95 bits per heavy atom. The maximum Gasteiger partial charge on any atom is 0.179 e. The molecule has 0 spiro atoms. The monoisotopic (exact) mass is 299 g/mol. The van der Waals surface area contributed by atoms with E-state index >= 15 is 0 Å². The molecular weight excluding hydrogens is 278 g/mol. The first-order chi connectivity index (χ1) is 9.31. The van der Waals surface area contributed by atoms with E-state index in [1.165, 1.54) is 26.5 Å². The molecule has 1 aliphatic rings. The minimum absolute atomic E-state index is 0.171. The van der Waals surface area contributed by atoms with Crippen LogP contribution in [0.15, 0.2) is 17.0 Å². The van der Waals surface area contributed by atoms with E-state index in [4.69, 9.17) is 9.47 Å². The van der Waals surface area contributed by atoms with Gasteiger partial charge < -0.3 is 14.8 Å². The van der Waals surface area contributed by atoms with Gasteiger partial charge in [0.25, 0.3) is 0 Å². The van der Waals surface area contributed by atoms with Gasteiger partial charge in [0.2, 0.25) is 0 Å². The third-order valence-corrected chi connectivity index (χ3v) is 4.93. The highest BCUT2D eigenvalue weighted by Crippen LogP contribution is 2.42. The van der Waals surface area contributed by atoms with Crippen molar-refractivity contribution in [1.29, 1.82) is 0 Å². The molecule has 1 N–H and O–H groups in total. The molecule has 1 fully saturated rings. The Kier molecular flexibility index (Phi) is 3.97. The predicted molar refractivity (Wildman–Crippen MR) is 77.2 cm³/mol. The summed E-state index contributed by atoms with van der Waals surface area (Å²) >= 11 is 0. The maximum atomic E-state index is 12.0. The van der Waals surface area contributed by atoms with E-state index in [0.29, 0.717) is 11.5 Å². The third-order valence-electron chi connectivity index (χ3n) is 3.83. The summed E-state index contributed by atoms with van der Waals surface area (Å²) in [7, 11) is -0.362. The number of hydrogen-bond donors (Lipinski definition) is 1. The summed E-state index contributed by atoms with van der Waals surface area (Å²) in [5.74, 6) is 0.932. The summed E-state index contributed by atoms with van der Waals surface area (Å²) in [6.45, 7) is 2.97. The summed E-state index contributed by atoms with van der Waals surface area (Å²) in [5, 5.41) is 3.42. The number of ether oxygens (including phenoxy) is 2. The van der Waals surface area contributed by atoms with Crippen molar-refractivity contribution in [3.63, 3.8) is 0 Å². The zero-order chi connectivity index (χ0) is 15.0. The second-order valence-electron chi connectivity index (χ2n) is 5.34. The van der Waals surface area contributed by atoms with Crippen LogP contribution in [-0.2, 0) is 15.4 Å². The second-order valence-corrected chi connectivity index (χ2v) is 7.33. The number of methoxy groups -OCH3 is 2. The van der Waals surface area contributed by atoms with Gasteiger partial charge in [0.15, 0.2) is 9.84 Å². The van der Waals surface area contributed by atoms with Crippen LogP contribution in [0.2, 0.25) is 0 Å². The highest BCUT2D eigenvalue weighted by atomic mass is 32.2.